The second-order valence-corrected chi connectivity index (χ2v) is 5.26. The van der Waals surface area contributed by atoms with Gasteiger partial charge in [0.2, 0.25) is 5.71 Å². The van der Waals surface area contributed by atoms with Crippen LogP contribution in [0, 0.1) is 0 Å². The summed E-state index contributed by atoms with van der Waals surface area (Å²) >= 11 is 0. The number of aromatic nitrogens is 2. The minimum atomic E-state index is -0.000433. The SMILES string of the molecule is CC(C)(C)c1cnc2oc3ccccc3c2n1. The summed E-state index contributed by atoms with van der Waals surface area (Å²) in [6.45, 7) is 6.39. The smallest absolute Gasteiger partial charge is 0.246 e. The molecule has 3 nitrogen and oxygen atoms in total. The van der Waals surface area contributed by atoms with Crippen LogP contribution in [0.25, 0.3) is 22.2 Å². The summed E-state index contributed by atoms with van der Waals surface area (Å²) in [5, 5.41) is 1.03. The van der Waals surface area contributed by atoms with Crippen molar-refractivity contribution in [3.63, 3.8) is 0 Å². The molecule has 0 N–H and O–H groups in total. The van der Waals surface area contributed by atoms with Crippen molar-refractivity contribution in [3.8, 4) is 0 Å². The maximum absolute atomic E-state index is 5.65. The van der Waals surface area contributed by atoms with Crippen LogP contribution in [0.3, 0.4) is 0 Å². The van der Waals surface area contributed by atoms with Crippen molar-refractivity contribution in [2.45, 2.75) is 26.2 Å². The van der Waals surface area contributed by atoms with Crippen molar-refractivity contribution in [1.82, 2.24) is 9.97 Å². The molecule has 3 rings (SSSR count). The van der Waals surface area contributed by atoms with Crippen LogP contribution < -0.4 is 0 Å². The first-order valence-corrected chi connectivity index (χ1v) is 5.70. The van der Waals surface area contributed by atoms with Crippen molar-refractivity contribution in [2.75, 3.05) is 0 Å². The number of fused-ring (bicyclic) bond motifs is 3. The Hall–Kier alpha value is -1.90. The zero-order chi connectivity index (χ0) is 12.0. The van der Waals surface area contributed by atoms with E-state index in [4.69, 9.17) is 4.42 Å². The molecule has 17 heavy (non-hydrogen) atoms. The van der Waals surface area contributed by atoms with Crippen LogP contribution in [-0.2, 0) is 5.41 Å². The summed E-state index contributed by atoms with van der Waals surface area (Å²) in [7, 11) is 0. The van der Waals surface area contributed by atoms with Crippen LogP contribution in [0.5, 0.6) is 0 Å². The molecule has 0 amide bonds. The van der Waals surface area contributed by atoms with Crippen molar-refractivity contribution < 1.29 is 4.42 Å². The van der Waals surface area contributed by atoms with Gasteiger partial charge in [-0.25, -0.2) is 9.97 Å². The fourth-order valence-electron chi connectivity index (χ4n) is 1.84. The van der Waals surface area contributed by atoms with E-state index >= 15 is 0 Å². The van der Waals surface area contributed by atoms with Gasteiger partial charge in [0, 0.05) is 10.8 Å². The molecule has 1 aromatic carbocycles. The molecule has 0 spiro atoms. The number of hydrogen-bond acceptors (Lipinski definition) is 3. The van der Waals surface area contributed by atoms with E-state index in [1.807, 2.05) is 24.3 Å². The van der Waals surface area contributed by atoms with E-state index < -0.39 is 0 Å². The molecule has 2 aromatic heterocycles. The lowest BCUT2D eigenvalue weighted by molar-refractivity contribution is 0.566. The van der Waals surface area contributed by atoms with Gasteiger partial charge >= 0.3 is 0 Å². The minimum absolute atomic E-state index is 0.000433. The van der Waals surface area contributed by atoms with Crippen LogP contribution >= 0.6 is 0 Å². The standard InChI is InChI=1S/C14H14N2O/c1-14(2,3)11-8-15-13-12(16-11)9-6-4-5-7-10(9)17-13/h4-8H,1-3H3. The Kier molecular flexibility index (Phi) is 1.99. The van der Waals surface area contributed by atoms with E-state index in [9.17, 15) is 0 Å². The maximum Gasteiger partial charge on any atom is 0.246 e. The van der Waals surface area contributed by atoms with Gasteiger partial charge in [-0.15, -0.1) is 0 Å². The highest BCUT2D eigenvalue weighted by Crippen LogP contribution is 2.28. The quantitative estimate of drug-likeness (QED) is 0.587. The third-order valence-electron chi connectivity index (χ3n) is 2.86. The molecular formula is C14H14N2O. The Labute approximate surface area is 99.5 Å². The normalized spacial score (nSPS) is 12.4. The van der Waals surface area contributed by atoms with Gasteiger partial charge in [-0.2, -0.15) is 0 Å². The van der Waals surface area contributed by atoms with Gasteiger partial charge < -0.3 is 4.42 Å². The monoisotopic (exact) mass is 226 g/mol. The van der Waals surface area contributed by atoms with Gasteiger partial charge in [-0.3, -0.25) is 0 Å². The van der Waals surface area contributed by atoms with Crippen molar-refractivity contribution in [2.24, 2.45) is 0 Å². The largest absolute Gasteiger partial charge is 0.436 e. The van der Waals surface area contributed by atoms with Crippen LogP contribution in [0.4, 0.5) is 0 Å². The highest BCUT2D eigenvalue weighted by atomic mass is 16.3. The minimum Gasteiger partial charge on any atom is -0.436 e. The third kappa shape index (κ3) is 1.58. The molecule has 0 aliphatic heterocycles. The molecule has 0 bridgehead atoms. The highest BCUT2D eigenvalue weighted by molar-refractivity contribution is 6.00. The molecule has 86 valence electrons. The van der Waals surface area contributed by atoms with Gasteiger partial charge in [0.05, 0.1) is 11.9 Å². The lowest BCUT2D eigenvalue weighted by atomic mass is 9.93. The van der Waals surface area contributed by atoms with Crippen LogP contribution in [0.1, 0.15) is 26.5 Å². The van der Waals surface area contributed by atoms with Gasteiger partial charge in [0.15, 0.2) is 0 Å². The molecule has 0 aliphatic rings. The fraction of sp³-hybridized carbons (Fsp3) is 0.286. The predicted molar refractivity (Wildman–Crippen MR) is 68.0 cm³/mol. The molecule has 2 heterocycles. The lowest BCUT2D eigenvalue weighted by Crippen LogP contribution is -2.13. The predicted octanol–water partition coefficient (Wildman–Crippen LogP) is 3.67. The molecule has 3 heteroatoms. The van der Waals surface area contributed by atoms with Crippen molar-refractivity contribution >= 4 is 22.2 Å². The number of benzene rings is 1. The first-order chi connectivity index (χ1) is 8.05. The number of nitrogens with zero attached hydrogens (tertiary/aromatic N) is 2. The molecule has 0 atom stereocenters. The van der Waals surface area contributed by atoms with Gasteiger partial charge in [-0.1, -0.05) is 32.9 Å². The number of para-hydroxylation sites is 1. The zero-order valence-corrected chi connectivity index (χ0v) is 10.2. The van der Waals surface area contributed by atoms with E-state index in [0.29, 0.717) is 5.71 Å². The highest BCUT2D eigenvalue weighted by Gasteiger charge is 2.18. The molecule has 0 unspecified atom stereocenters. The molecule has 3 aromatic rings. The average molecular weight is 226 g/mol. The van der Waals surface area contributed by atoms with Gasteiger partial charge in [-0.05, 0) is 12.1 Å². The summed E-state index contributed by atoms with van der Waals surface area (Å²) in [6, 6.07) is 7.90. The number of rotatable bonds is 0. The summed E-state index contributed by atoms with van der Waals surface area (Å²) in [5.74, 6) is 0. The Morgan fingerprint density at radius 2 is 1.88 bits per heavy atom. The third-order valence-corrected chi connectivity index (χ3v) is 2.86. The molecule has 0 fully saturated rings. The van der Waals surface area contributed by atoms with E-state index in [1.54, 1.807) is 6.20 Å². The summed E-state index contributed by atoms with van der Waals surface area (Å²) in [5.41, 5.74) is 3.29. The maximum atomic E-state index is 5.65. The summed E-state index contributed by atoms with van der Waals surface area (Å²) in [4.78, 5) is 9.03. The van der Waals surface area contributed by atoms with Crippen LogP contribution in [-0.4, -0.2) is 9.97 Å². The first kappa shape index (κ1) is 10.3. The number of furan rings is 1. The Morgan fingerprint density at radius 1 is 1.12 bits per heavy atom. The lowest BCUT2D eigenvalue weighted by Gasteiger charge is -2.16. The Morgan fingerprint density at radius 3 is 2.65 bits per heavy atom. The van der Waals surface area contributed by atoms with E-state index in [1.165, 1.54) is 0 Å². The van der Waals surface area contributed by atoms with Crippen LogP contribution in [0.15, 0.2) is 34.9 Å². The average Bonchev–Trinajstić information content (AvgIpc) is 2.65. The zero-order valence-electron chi connectivity index (χ0n) is 10.2. The summed E-state index contributed by atoms with van der Waals surface area (Å²) in [6.07, 6.45) is 1.80. The molecule has 0 saturated carbocycles. The Balaban J connectivity index is 2.38. The van der Waals surface area contributed by atoms with E-state index in [2.05, 4.69) is 30.7 Å². The van der Waals surface area contributed by atoms with Crippen molar-refractivity contribution in [3.05, 3.63) is 36.2 Å². The fourth-order valence-corrected chi connectivity index (χ4v) is 1.84. The molecule has 0 saturated heterocycles. The van der Waals surface area contributed by atoms with Gasteiger partial charge in [0.25, 0.3) is 0 Å². The van der Waals surface area contributed by atoms with Crippen molar-refractivity contribution in [1.29, 1.82) is 0 Å². The topological polar surface area (TPSA) is 38.9 Å². The summed E-state index contributed by atoms with van der Waals surface area (Å²) < 4.78 is 5.65. The molecule has 0 aliphatic carbocycles. The number of hydrogen-bond donors (Lipinski definition) is 0. The van der Waals surface area contributed by atoms with Crippen LogP contribution in [0.2, 0.25) is 0 Å². The first-order valence-electron chi connectivity index (χ1n) is 5.70. The van der Waals surface area contributed by atoms with E-state index in [0.717, 1.165) is 22.2 Å². The van der Waals surface area contributed by atoms with Gasteiger partial charge in [0.1, 0.15) is 11.1 Å². The molecule has 0 radical (unpaired) electrons. The second kappa shape index (κ2) is 3.29. The molecular weight excluding hydrogens is 212 g/mol. The Bertz CT molecular complexity index is 692. The van der Waals surface area contributed by atoms with E-state index in [-0.39, 0.29) is 5.41 Å². The second-order valence-electron chi connectivity index (χ2n) is 5.26.